The molecular formula is C15H17ClN4O2S. The summed E-state index contributed by atoms with van der Waals surface area (Å²) in [6, 6.07) is 7.48. The van der Waals surface area contributed by atoms with Gasteiger partial charge in [-0.3, -0.25) is 9.59 Å². The molecule has 2 rings (SSSR count). The number of carbonyl (C=O) groups is 2. The molecule has 8 heteroatoms. The standard InChI is InChI=1S/C15H17ClN4O2S/c1-10-19-20-15(23-10)18-14(22)7-6-13(21)17-9-8-11-2-4-12(16)5-3-11/h2-5H,6-9H2,1H3,(H,17,21)(H,18,20,22). The first-order valence-electron chi connectivity index (χ1n) is 7.14. The second-order valence-electron chi connectivity index (χ2n) is 4.90. The molecule has 2 N–H and O–H groups in total. The Bertz CT molecular complexity index is 672. The number of halogens is 1. The Labute approximate surface area is 143 Å². The number of hydrogen-bond donors (Lipinski definition) is 2. The van der Waals surface area contributed by atoms with E-state index in [0.29, 0.717) is 16.7 Å². The van der Waals surface area contributed by atoms with Crippen molar-refractivity contribution in [1.82, 2.24) is 15.5 Å². The van der Waals surface area contributed by atoms with E-state index in [1.807, 2.05) is 24.3 Å². The molecule has 0 unspecified atom stereocenters. The fourth-order valence-corrected chi connectivity index (χ4v) is 2.58. The van der Waals surface area contributed by atoms with Crippen LogP contribution in [0.25, 0.3) is 0 Å². The van der Waals surface area contributed by atoms with Gasteiger partial charge in [-0.1, -0.05) is 35.1 Å². The number of hydrogen-bond acceptors (Lipinski definition) is 5. The summed E-state index contributed by atoms with van der Waals surface area (Å²) in [7, 11) is 0. The van der Waals surface area contributed by atoms with E-state index in [-0.39, 0.29) is 24.7 Å². The highest BCUT2D eigenvalue weighted by molar-refractivity contribution is 7.15. The number of rotatable bonds is 7. The zero-order valence-corrected chi connectivity index (χ0v) is 14.2. The molecule has 1 heterocycles. The lowest BCUT2D eigenvalue weighted by atomic mass is 10.1. The van der Waals surface area contributed by atoms with Crippen molar-refractivity contribution in [3.8, 4) is 0 Å². The van der Waals surface area contributed by atoms with Crippen LogP contribution in [0.3, 0.4) is 0 Å². The van der Waals surface area contributed by atoms with Gasteiger partial charge in [0.05, 0.1) is 0 Å². The summed E-state index contributed by atoms with van der Waals surface area (Å²) in [5.74, 6) is -0.392. The summed E-state index contributed by atoms with van der Waals surface area (Å²) in [4.78, 5) is 23.4. The van der Waals surface area contributed by atoms with Crippen molar-refractivity contribution in [2.45, 2.75) is 26.2 Å². The van der Waals surface area contributed by atoms with Gasteiger partial charge < -0.3 is 10.6 Å². The van der Waals surface area contributed by atoms with Gasteiger partial charge in [-0.25, -0.2) is 0 Å². The lowest BCUT2D eigenvalue weighted by molar-refractivity contribution is -0.124. The van der Waals surface area contributed by atoms with Crippen LogP contribution in [0.15, 0.2) is 24.3 Å². The van der Waals surface area contributed by atoms with Gasteiger partial charge in [0.15, 0.2) is 0 Å². The van der Waals surface area contributed by atoms with Gasteiger partial charge in [-0.15, -0.1) is 10.2 Å². The van der Waals surface area contributed by atoms with Gasteiger partial charge in [0, 0.05) is 24.4 Å². The van der Waals surface area contributed by atoms with Gasteiger partial charge in [0.1, 0.15) is 5.01 Å². The summed E-state index contributed by atoms with van der Waals surface area (Å²) >= 11 is 7.11. The molecule has 0 fully saturated rings. The highest BCUT2D eigenvalue weighted by Gasteiger charge is 2.09. The van der Waals surface area contributed by atoms with Gasteiger partial charge in [0.2, 0.25) is 16.9 Å². The van der Waals surface area contributed by atoms with Crippen LogP contribution in [0.2, 0.25) is 5.02 Å². The maximum Gasteiger partial charge on any atom is 0.226 e. The van der Waals surface area contributed by atoms with Crippen molar-refractivity contribution in [3.05, 3.63) is 39.9 Å². The molecule has 0 aliphatic heterocycles. The highest BCUT2D eigenvalue weighted by Crippen LogP contribution is 2.14. The number of carbonyl (C=O) groups excluding carboxylic acids is 2. The number of benzene rings is 1. The van der Waals surface area contributed by atoms with Crippen molar-refractivity contribution in [1.29, 1.82) is 0 Å². The van der Waals surface area contributed by atoms with Crippen LogP contribution in [0.4, 0.5) is 5.13 Å². The number of aryl methyl sites for hydroxylation is 1. The molecule has 6 nitrogen and oxygen atoms in total. The normalized spacial score (nSPS) is 10.3. The number of aromatic nitrogens is 2. The molecule has 1 aromatic carbocycles. The van der Waals surface area contributed by atoms with Gasteiger partial charge >= 0.3 is 0 Å². The van der Waals surface area contributed by atoms with Crippen molar-refractivity contribution in [2.24, 2.45) is 0 Å². The molecular weight excluding hydrogens is 336 g/mol. The first kappa shape index (κ1) is 17.4. The zero-order valence-electron chi connectivity index (χ0n) is 12.6. The van der Waals surface area contributed by atoms with E-state index in [4.69, 9.17) is 11.6 Å². The minimum atomic E-state index is -0.242. The van der Waals surface area contributed by atoms with Crippen molar-refractivity contribution in [3.63, 3.8) is 0 Å². The minimum Gasteiger partial charge on any atom is -0.356 e. The van der Waals surface area contributed by atoms with E-state index < -0.39 is 0 Å². The summed E-state index contributed by atoms with van der Waals surface area (Å²) in [6.07, 6.45) is 0.981. The molecule has 0 saturated carbocycles. The molecule has 0 bridgehead atoms. The monoisotopic (exact) mass is 352 g/mol. The smallest absolute Gasteiger partial charge is 0.226 e. The van der Waals surface area contributed by atoms with Crippen LogP contribution < -0.4 is 10.6 Å². The number of anilines is 1. The maximum absolute atomic E-state index is 11.7. The Kier molecular flexibility index (Phi) is 6.49. The Morgan fingerprint density at radius 3 is 2.48 bits per heavy atom. The Balaban J connectivity index is 1.62. The average molecular weight is 353 g/mol. The fraction of sp³-hybridized carbons (Fsp3) is 0.333. The quantitative estimate of drug-likeness (QED) is 0.802. The predicted molar refractivity (Wildman–Crippen MR) is 90.7 cm³/mol. The van der Waals surface area contributed by atoms with Crippen LogP contribution in [0.5, 0.6) is 0 Å². The topological polar surface area (TPSA) is 84.0 Å². The molecule has 23 heavy (non-hydrogen) atoms. The molecule has 122 valence electrons. The van der Waals surface area contributed by atoms with Crippen molar-refractivity contribution < 1.29 is 9.59 Å². The second kappa shape index (κ2) is 8.59. The zero-order chi connectivity index (χ0) is 16.7. The molecule has 2 amide bonds. The summed E-state index contributed by atoms with van der Waals surface area (Å²) in [5, 5.41) is 14.9. The third-order valence-corrected chi connectivity index (χ3v) is 4.01. The first-order chi connectivity index (χ1) is 11.0. The molecule has 0 radical (unpaired) electrons. The largest absolute Gasteiger partial charge is 0.356 e. The molecule has 1 aromatic heterocycles. The molecule has 0 saturated heterocycles. The van der Waals surface area contributed by atoms with Crippen molar-refractivity contribution >= 4 is 39.9 Å². The molecule has 0 spiro atoms. The molecule has 2 aromatic rings. The van der Waals surface area contributed by atoms with Crippen LogP contribution in [0.1, 0.15) is 23.4 Å². The first-order valence-corrected chi connectivity index (χ1v) is 8.33. The van der Waals surface area contributed by atoms with E-state index in [1.54, 1.807) is 6.92 Å². The SMILES string of the molecule is Cc1nnc(NC(=O)CCC(=O)NCCc2ccc(Cl)cc2)s1. The summed E-state index contributed by atoms with van der Waals surface area (Å²) < 4.78 is 0. The molecule has 0 aliphatic rings. The van der Waals surface area contributed by atoms with E-state index in [1.165, 1.54) is 11.3 Å². The minimum absolute atomic E-state index is 0.116. The Morgan fingerprint density at radius 2 is 1.83 bits per heavy atom. The molecule has 0 atom stereocenters. The lowest BCUT2D eigenvalue weighted by Crippen LogP contribution is -2.26. The number of nitrogens with zero attached hydrogens (tertiary/aromatic N) is 2. The average Bonchev–Trinajstić information content (AvgIpc) is 2.92. The lowest BCUT2D eigenvalue weighted by Gasteiger charge is -2.05. The van der Waals surface area contributed by atoms with Crippen molar-refractivity contribution in [2.75, 3.05) is 11.9 Å². The van der Waals surface area contributed by atoms with Crippen LogP contribution >= 0.6 is 22.9 Å². The van der Waals surface area contributed by atoms with Crippen LogP contribution in [0, 0.1) is 6.92 Å². The number of amides is 2. The second-order valence-corrected chi connectivity index (χ2v) is 6.52. The van der Waals surface area contributed by atoms with Crippen LogP contribution in [-0.2, 0) is 16.0 Å². The third-order valence-electron chi connectivity index (χ3n) is 3.00. The van der Waals surface area contributed by atoms with Crippen LogP contribution in [-0.4, -0.2) is 28.6 Å². The maximum atomic E-state index is 11.7. The molecule has 0 aliphatic carbocycles. The Hall–Kier alpha value is -1.99. The highest BCUT2D eigenvalue weighted by atomic mass is 35.5. The Morgan fingerprint density at radius 1 is 1.13 bits per heavy atom. The van der Waals surface area contributed by atoms with E-state index >= 15 is 0 Å². The van der Waals surface area contributed by atoms with Gasteiger partial charge in [-0.2, -0.15) is 0 Å². The van der Waals surface area contributed by atoms with Gasteiger partial charge in [0.25, 0.3) is 0 Å². The summed E-state index contributed by atoms with van der Waals surface area (Å²) in [5.41, 5.74) is 1.10. The van der Waals surface area contributed by atoms with E-state index in [2.05, 4.69) is 20.8 Å². The third kappa shape index (κ3) is 6.33. The van der Waals surface area contributed by atoms with E-state index in [9.17, 15) is 9.59 Å². The van der Waals surface area contributed by atoms with E-state index in [0.717, 1.165) is 17.0 Å². The predicted octanol–water partition coefficient (Wildman–Crippen LogP) is 2.58. The van der Waals surface area contributed by atoms with Gasteiger partial charge in [-0.05, 0) is 31.0 Å². The summed E-state index contributed by atoms with van der Waals surface area (Å²) in [6.45, 7) is 2.33. The fourth-order valence-electron chi connectivity index (χ4n) is 1.84. The number of nitrogens with one attached hydrogen (secondary N) is 2.